The molecule has 4 aliphatic carbocycles. The van der Waals surface area contributed by atoms with Crippen LogP contribution in [0.15, 0.2) is 0 Å². The van der Waals surface area contributed by atoms with E-state index in [0.717, 1.165) is 35.8 Å². The summed E-state index contributed by atoms with van der Waals surface area (Å²) < 4.78 is 0. The van der Waals surface area contributed by atoms with E-state index in [0.29, 0.717) is 5.54 Å². The quantitative estimate of drug-likeness (QED) is 0.790. The molecular formula is C18H30N2. The minimum atomic E-state index is 0.501. The Morgan fingerprint density at radius 3 is 2.40 bits per heavy atom. The summed E-state index contributed by atoms with van der Waals surface area (Å²) in [4.78, 5) is 2.97. The van der Waals surface area contributed by atoms with Gasteiger partial charge in [0, 0.05) is 30.7 Å². The van der Waals surface area contributed by atoms with Crippen LogP contribution < -0.4 is 5.32 Å². The Kier molecular flexibility index (Phi) is 2.63. The van der Waals surface area contributed by atoms with Crippen molar-refractivity contribution in [2.45, 2.75) is 75.9 Å². The van der Waals surface area contributed by atoms with Crippen LogP contribution in [-0.2, 0) is 0 Å². The van der Waals surface area contributed by atoms with Crippen molar-refractivity contribution in [1.29, 1.82) is 0 Å². The molecule has 5 atom stereocenters. The SMILES string of the molecule is CC1CNC2(CCCCC2)CN1C1C2C3CCC(C3)C21. The van der Waals surface area contributed by atoms with Gasteiger partial charge >= 0.3 is 0 Å². The topological polar surface area (TPSA) is 15.3 Å². The molecule has 1 N–H and O–H groups in total. The van der Waals surface area contributed by atoms with Crippen molar-refractivity contribution < 1.29 is 0 Å². The van der Waals surface area contributed by atoms with Crippen LogP contribution in [0.1, 0.15) is 58.3 Å². The predicted octanol–water partition coefficient (Wildman–Crippen LogP) is 3.03. The van der Waals surface area contributed by atoms with Gasteiger partial charge in [-0.15, -0.1) is 0 Å². The van der Waals surface area contributed by atoms with Crippen molar-refractivity contribution in [3.8, 4) is 0 Å². The minimum Gasteiger partial charge on any atom is -0.308 e. The Labute approximate surface area is 123 Å². The molecule has 0 aromatic heterocycles. The van der Waals surface area contributed by atoms with Crippen molar-refractivity contribution in [1.82, 2.24) is 10.2 Å². The molecule has 2 heteroatoms. The van der Waals surface area contributed by atoms with Crippen LogP contribution in [0.25, 0.3) is 0 Å². The lowest BCUT2D eigenvalue weighted by Crippen LogP contribution is -2.65. The third-order valence-electron chi connectivity index (χ3n) is 7.71. The van der Waals surface area contributed by atoms with E-state index in [-0.39, 0.29) is 0 Å². The van der Waals surface area contributed by atoms with Gasteiger partial charge in [-0.1, -0.05) is 19.3 Å². The molecule has 2 nitrogen and oxygen atoms in total. The molecule has 4 saturated carbocycles. The number of piperazine rings is 1. The van der Waals surface area contributed by atoms with Crippen molar-refractivity contribution >= 4 is 0 Å². The summed E-state index contributed by atoms with van der Waals surface area (Å²) in [5.41, 5.74) is 0.501. The van der Waals surface area contributed by atoms with Gasteiger partial charge < -0.3 is 5.32 Å². The smallest absolute Gasteiger partial charge is 0.0309 e. The molecule has 0 amide bonds. The first kappa shape index (κ1) is 12.5. The molecule has 5 aliphatic rings. The zero-order chi connectivity index (χ0) is 13.3. The highest BCUT2D eigenvalue weighted by Crippen LogP contribution is 2.67. The third kappa shape index (κ3) is 1.64. The highest BCUT2D eigenvalue weighted by atomic mass is 15.3. The zero-order valence-electron chi connectivity index (χ0n) is 13.0. The number of nitrogens with zero attached hydrogens (tertiary/aromatic N) is 1. The van der Waals surface area contributed by atoms with Gasteiger partial charge in [-0.2, -0.15) is 0 Å². The molecule has 2 bridgehead atoms. The molecular weight excluding hydrogens is 244 g/mol. The van der Waals surface area contributed by atoms with E-state index >= 15 is 0 Å². The summed E-state index contributed by atoms with van der Waals surface area (Å²) in [6, 6.07) is 1.77. The number of rotatable bonds is 1. The lowest BCUT2D eigenvalue weighted by molar-refractivity contribution is 0.0448. The van der Waals surface area contributed by atoms with Gasteiger partial charge in [0.15, 0.2) is 0 Å². The van der Waals surface area contributed by atoms with E-state index in [1.165, 1.54) is 45.2 Å². The Bertz CT molecular complexity index is 384. The summed E-state index contributed by atoms with van der Waals surface area (Å²) in [5, 5.41) is 3.96. The van der Waals surface area contributed by atoms with Crippen LogP contribution in [0.5, 0.6) is 0 Å². The van der Waals surface area contributed by atoms with Crippen LogP contribution in [0.3, 0.4) is 0 Å². The molecule has 1 aliphatic heterocycles. The van der Waals surface area contributed by atoms with Gasteiger partial charge in [0.25, 0.3) is 0 Å². The van der Waals surface area contributed by atoms with Crippen LogP contribution in [-0.4, -0.2) is 35.6 Å². The Balaban J connectivity index is 1.35. The number of fused-ring (bicyclic) bond motifs is 5. The number of hydrogen-bond donors (Lipinski definition) is 1. The molecule has 112 valence electrons. The van der Waals surface area contributed by atoms with E-state index in [1.54, 1.807) is 19.3 Å². The maximum absolute atomic E-state index is 3.96. The Morgan fingerprint density at radius 1 is 1.00 bits per heavy atom. The molecule has 1 spiro atoms. The zero-order valence-corrected chi connectivity index (χ0v) is 13.0. The predicted molar refractivity (Wildman–Crippen MR) is 81.6 cm³/mol. The van der Waals surface area contributed by atoms with E-state index in [2.05, 4.69) is 17.1 Å². The Hall–Kier alpha value is -0.0800. The second kappa shape index (κ2) is 4.23. The first-order valence-electron chi connectivity index (χ1n) is 9.28. The molecule has 0 radical (unpaired) electrons. The van der Waals surface area contributed by atoms with Crippen molar-refractivity contribution in [3.63, 3.8) is 0 Å². The van der Waals surface area contributed by atoms with Gasteiger partial charge in [-0.3, -0.25) is 4.90 Å². The average molecular weight is 274 g/mol. The monoisotopic (exact) mass is 274 g/mol. The van der Waals surface area contributed by atoms with Gasteiger partial charge in [0.1, 0.15) is 0 Å². The van der Waals surface area contributed by atoms with Crippen molar-refractivity contribution in [2.75, 3.05) is 13.1 Å². The van der Waals surface area contributed by atoms with Gasteiger partial charge in [-0.25, -0.2) is 0 Å². The molecule has 0 aromatic rings. The van der Waals surface area contributed by atoms with Gasteiger partial charge in [-0.05, 0) is 62.7 Å². The van der Waals surface area contributed by atoms with Crippen LogP contribution >= 0.6 is 0 Å². The summed E-state index contributed by atoms with van der Waals surface area (Å²) in [5.74, 6) is 4.49. The molecule has 5 rings (SSSR count). The summed E-state index contributed by atoms with van der Waals surface area (Å²) in [6.45, 7) is 5.08. The molecule has 20 heavy (non-hydrogen) atoms. The van der Waals surface area contributed by atoms with Crippen molar-refractivity contribution in [2.24, 2.45) is 23.7 Å². The summed E-state index contributed by atoms with van der Waals surface area (Å²) in [6.07, 6.45) is 12.0. The highest BCUT2D eigenvalue weighted by molar-refractivity contribution is 5.19. The van der Waals surface area contributed by atoms with E-state index in [4.69, 9.17) is 0 Å². The second-order valence-electron chi connectivity index (χ2n) is 8.72. The van der Waals surface area contributed by atoms with Gasteiger partial charge in [0.05, 0.1) is 0 Å². The highest BCUT2D eigenvalue weighted by Gasteiger charge is 2.67. The standard InChI is InChI=1S/C18H30N2/c1-12-10-19-18(7-3-2-4-8-18)11-20(12)17-15-13-5-6-14(9-13)16(15)17/h12-17,19H,2-11H2,1H3. The lowest BCUT2D eigenvalue weighted by atomic mass is 9.79. The van der Waals surface area contributed by atoms with E-state index < -0.39 is 0 Å². The molecule has 0 aromatic carbocycles. The fourth-order valence-corrected chi connectivity index (χ4v) is 6.73. The second-order valence-corrected chi connectivity index (χ2v) is 8.72. The van der Waals surface area contributed by atoms with Gasteiger partial charge in [0.2, 0.25) is 0 Å². The maximum atomic E-state index is 3.96. The third-order valence-corrected chi connectivity index (χ3v) is 7.71. The van der Waals surface area contributed by atoms with E-state index in [9.17, 15) is 0 Å². The van der Waals surface area contributed by atoms with Crippen LogP contribution in [0.4, 0.5) is 0 Å². The fourth-order valence-electron chi connectivity index (χ4n) is 6.73. The first-order chi connectivity index (χ1) is 9.77. The number of nitrogens with one attached hydrogen (secondary N) is 1. The molecule has 1 saturated heterocycles. The largest absolute Gasteiger partial charge is 0.308 e. The fraction of sp³-hybridized carbons (Fsp3) is 1.00. The molecule has 5 fully saturated rings. The van der Waals surface area contributed by atoms with Crippen LogP contribution in [0.2, 0.25) is 0 Å². The van der Waals surface area contributed by atoms with Crippen LogP contribution in [0, 0.1) is 23.7 Å². The summed E-state index contributed by atoms with van der Waals surface area (Å²) >= 11 is 0. The lowest BCUT2D eigenvalue weighted by Gasteiger charge is -2.49. The van der Waals surface area contributed by atoms with Crippen molar-refractivity contribution in [3.05, 3.63) is 0 Å². The summed E-state index contributed by atoms with van der Waals surface area (Å²) in [7, 11) is 0. The molecule has 5 unspecified atom stereocenters. The maximum Gasteiger partial charge on any atom is 0.0309 e. The average Bonchev–Trinajstić information content (AvgIpc) is 2.89. The normalized spacial score (nSPS) is 53.2. The number of hydrogen-bond acceptors (Lipinski definition) is 2. The minimum absolute atomic E-state index is 0.501. The first-order valence-corrected chi connectivity index (χ1v) is 9.28. The molecule has 1 heterocycles. The Morgan fingerprint density at radius 2 is 1.70 bits per heavy atom. The van der Waals surface area contributed by atoms with E-state index in [1.807, 2.05) is 0 Å².